The number of rotatable bonds is 74. The molecule has 0 rings (SSSR count). The van der Waals surface area contributed by atoms with Crippen LogP contribution >= 0.6 is 15.6 Å². The Bertz CT molecular complexity index is 2540. The summed E-state index contributed by atoms with van der Waals surface area (Å²) in [5.41, 5.74) is 0. The number of hydrogen-bond donors (Lipinski definition) is 3. The predicted molar refractivity (Wildman–Crippen MR) is 427 cm³/mol. The highest BCUT2D eigenvalue weighted by Crippen LogP contribution is 2.45. The van der Waals surface area contributed by atoms with Crippen molar-refractivity contribution in [2.45, 2.75) is 329 Å². The zero-order valence-electron chi connectivity index (χ0n) is 64.9. The Labute approximate surface area is 630 Å². The molecule has 0 aliphatic rings. The van der Waals surface area contributed by atoms with Crippen LogP contribution in [0.1, 0.15) is 310 Å². The Morgan fingerprint density at radius 1 is 0.279 bits per heavy atom. The number of phosphoric ester groups is 2. The van der Waals surface area contributed by atoms with Gasteiger partial charge in [-0.25, -0.2) is 9.13 Å². The predicted octanol–water partition coefficient (Wildman–Crippen LogP) is 23.4. The fourth-order valence-corrected chi connectivity index (χ4v) is 11.9. The molecule has 0 aromatic rings. The second kappa shape index (κ2) is 76.1. The number of carbonyl (C=O) groups is 4. The molecule has 0 bridgehead atoms. The van der Waals surface area contributed by atoms with E-state index in [4.69, 9.17) is 37.0 Å². The lowest BCUT2D eigenvalue weighted by atomic mass is 10.0. The molecule has 17 nitrogen and oxygen atoms in total. The molecule has 5 atom stereocenters. The molecule has 104 heavy (non-hydrogen) atoms. The van der Waals surface area contributed by atoms with E-state index in [0.29, 0.717) is 25.7 Å². The fourth-order valence-electron chi connectivity index (χ4n) is 10.3. The van der Waals surface area contributed by atoms with Crippen molar-refractivity contribution in [2.24, 2.45) is 0 Å². The molecule has 3 N–H and O–H groups in total. The summed E-state index contributed by atoms with van der Waals surface area (Å²) in [6.07, 6.45) is 86.8. The summed E-state index contributed by atoms with van der Waals surface area (Å²) in [6, 6.07) is 0. The molecule has 19 heteroatoms. The quantitative estimate of drug-likeness (QED) is 0.0169. The van der Waals surface area contributed by atoms with Gasteiger partial charge in [-0.05, 0) is 141 Å². The SMILES string of the molecule is CC/C=C\C/C=C\C/C=C\C/C=C\C/C=C\CCCCCC(=O)OCC(COP(=O)(O)OCC(O)COP(=O)(O)OCC(COC(=O)CCCCCC/C=C\C/C=C\C/C=C\C/C=C\CC)OC(=O)CCCCCCCCCCCCCCC)OC(=O)CCCCCCC/C=C\C/C=C\C/C=C\CC. The van der Waals surface area contributed by atoms with Crippen LogP contribution in [0.5, 0.6) is 0 Å². The summed E-state index contributed by atoms with van der Waals surface area (Å²) < 4.78 is 68.6. The van der Waals surface area contributed by atoms with Crippen molar-refractivity contribution in [3.05, 3.63) is 146 Å². The van der Waals surface area contributed by atoms with Gasteiger partial charge in [0.2, 0.25) is 0 Å². The number of allylic oxidation sites excluding steroid dienone is 24. The standard InChI is InChI=1S/C85H142O17P2/c1-5-9-13-17-21-25-29-33-36-38-39-41-44-47-50-54-58-62-66-70-83(88)96-76-81(102-85(90)72-68-64-60-56-52-48-42-35-31-27-23-19-15-11-7-3)78-100-104(93,94)98-74-79(86)73-97-103(91,92)99-77-80(101-84(89)71-67-63-59-55-51-45-32-28-24-20-16-12-8-4)75-95-82(87)69-65-61-57-53-49-46-43-40-37-34-30-26-22-18-14-10-6-2/h9-11,13-15,21-23,25-27,33-37,39,41-43,46-47,50,79-81,86H,5-8,12,16-20,24,28-32,38,40,44-45,48-49,51-78H2,1-4H3,(H,91,92)(H,93,94)/b13-9-,14-10-,15-11-,25-21-,26-22-,27-23-,36-33-,37-34-,41-39-,42-35-,46-43-,50-47-. The van der Waals surface area contributed by atoms with Crippen molar-refractivity contribution < 1.29 is 80.2 Å². The Hall–Kier alpha value is -5.06. The third-order valence-electron chi connectivity index (χ3n) is 16.3. The molecule has 0 aliphatic heterocycles. The Morgan fingerprint density at radius 3 is 0.779 bits per heavy atom. The molecule has 594 valence electrons. The van der Waals surface area contributed by atoms with Crippen molar-refractivity contribution in [2.75, 3.05) is 39.6 Å². The Balaban J connectivity index is 5.42. The zero-order chi connectivity index (χ0) is 76.0. The van der Waals surface area contributed by atoms with E-state index in [1.165, 1.54) is 51.4 Å². The van der Waals surface area contributed by atoms with Crippen LogP contribution in [-0.4, -0.2) is 96.7 Å². The largest absolute Gasteiger partial charge is 0.472 e. The van der Waals surface area contributed by atoms with Crippen LogP contribution in [0.3, 0.4) is 0 Å². The zero-order valence-corrected chi connectivity index (χ0v) is 66.7. The van der Waals surface area contributed by atoms with Crippen molar-refractivity contribution in [1.29, 1.82) is 0 Å². The van der Waals surface area contributed by atoms with Crippen LogP contribution in [0, 0.1) is 0 Å². The molecule has 0 heterocycles. The minimum atomic E-state index is -5.00. The average Bonchev–Trinajstić information content (AvgIpc) is 0.911. The monoisotopic (exact) mass is 1500 g/mol. The number of ether oxygens (including phenoxy) is 4. The number of esters is 4. The van der Waals surface area contributed by atoms with Gasteiger partial charge in [-0.2, -0.15) is 0 Å². The highest BCUT2D eigenvalue weighted by atomic mass is 31.2. The summed E-state index contributed by atoms with van der Waals surface area (Å²) in [7, 11) is -9.98. The summed E-state index contributed by atoms with van der Waals surface area (Å²) in [5, 5.41) is 10.6. The topological polar surface area (TPSA) is 237 Å². The number of unbranched alkanes of at least 4 members (excludes halogenated alkanes) is 24. The first kappa shape index (κ1) is 98.9. The molecular formula is C85H142O17P2. The number of aliphatic hydroxyl groups excluding tert-OH is 1. The molecule has 0 aromatic heterocycles. The molecule has 0 spiro atoms. The van der Waals surface area contributed by atoms with E-state index >= 15 is 0 Å². The van der Waals surface area contributed by atoms with Crippen LogP contribution < -0.4 is 0 Å². The lowest BCUT2D eigenvalue weighted by molar-refractivity contribution is -0.161. The van der Waals surface area contributed by atoms with Crippen molar-refractivity contribution in [3.63, 3.8) is 0 Å². The van der Waals surface area contributed by atoms with Gasteiger partial charge in [0, 0.05) is 25.7 Å². The first-order valence-electron chi connectivity index (χ1n) is 40.1. The molecule has 0 saturated carbocycles. The molecule has 0 fully saturated rings. The van der Waals surface area contributed by atoms with E-state index in [1.54, 1.807) is 0 Å². The van der Waals surface area contributed by atoms with Gasteiger partial charge in [-0.1, -0.05) is 289 Å². The van der Waals surface area contributed by atoms with Crippen LogP contribution in [0.2, 0.25) is 0 Å². The summed E-state index contributed by atoms with van der Waals surface area (Å²) in [5.74, 6) is -2.25. The van der Waals surface area contributed by atoms with Gasteiger partial charge in [0.25, 0.3) is 0 Å². The molecule has 0 aromatic carbocycles. The average molecular weight is 1500 g/mol. The maximum Gasteiger partial charge on any atom is 0.472 e. The minimum Gasteiger partial charge on any atom is -0.462 e. The van der Waals surface area contributed by atoms with Crippen LogP contribution in [0.25, 0.3) is 0 Å². The van der Waals surface area contributed by atoms with Gasteiger partial charge in [0.15, 0.2) is 12.2 Å². The third-order valence-corrected chi connectivity index (χ3v) is 18.2. The maximum atomic E-state index is 13.1. The first-order valence-corrected chi connectivity index (χ1v) is 43.1. The molecule has 0 aliphatic carbocycles. The number of aliphatic hydroxyl groups is 1. The first-order chi connectivity index (χ1) is 50.7. The lowest BCUT2D eigenvalue weighted by Gasteiger charge is -2.21. The molecule has 5 unspecified atom stereocenters. The third kappa shape index (κ3) is 75.2. The smallest absolute Gasteiger partial charge is 0.462 e. The highest BCUT2D eigenvalue weighted by Gasteiger charge is 2.30. The Morgan fingerprint density at radius 2 is 0.500 bits per heavy atom. The lowest BCUT2D eigenvalue weighted by Crippen LogP contribution is -2.30. The van der Waals surface area contributed by atoms with Crippen LogP contribution in [0.4, 0.5) is 0 Å². The van der Waals surface area contributed by atoms with Gasteiger partial charge in [-0.3, -0.25) is 37.3 Å². The van der Waals surface area contributed by atoms with Gasteiger partial charge < -0.3 is 33.8 Å². The number of hydrogen-bond acceptors (Lipinski definition) is 15. The maximum absolute atomic E-state index is 13.1. The van der Waals surface area contributed by atoms with Gasteiger partial charge in [0.05, 0.1) is 26.4 Å². The molecule has 0 saturated heterocycles. The van der Waals surface area contributed by atoms with Crippen molar-refractivity contribution in [1.82, 2.24) is 0 Å². The van der Waals surface area contributed by atoms with E-state index in [9.17, 15) is 43.2 Å². The van der Waals surface area contributed by atoms with Crippen molar-refractivity contribution in [3.8, 4) is 0 Å². The van der Waals surface area contributed by atoms with Crippen molar-refractivity contribution >= 4 is 39.5 Å². The molecule has 0 radical (unpaired) electrons. The molecule has 0 amide bonds. The van der Waals surface area contributed by atoms with Gasteiger partial charge in [-0.15, -0.1) is 0 Å². The van der Waals surface area contributed by atoms with E-state index in [0.717, 1.165) is 180 Å². The van der Waals surface area contributed by atoms with Gasteiger partial charge in [0.1, 0.15) is 19.3 Å². The van der Waals surface area contributed by atoms with Gasteiger partial charge >= 0.3 is 39.5 Å². The minimum absolute atomic E-state index is 0.0635. The Kier molecular flexibility index (Phi) is 72.4. The van der Waals surface area contributed by atoms with Crippen LogP contribution in [-0.2, 0) is 65.4 Å². The van der Waals surface area contributed by atoms with E-state index < -0.39 is 97.5 Å². The van der Waals surface area contributed by atoms with E-state index in [1.807, 2.05) is 0 Å². The van der Waals surface area contributed by atoms with E-state index in [-0.39, 0.29) is 25.7 Å². The summed E-state index contributed by atoms with van der Waals surface area (Å²) in [6.45, 7) is 4.46. The normalized spacial score (nSPS) is 14.6. The number of carbonyl (C=O) groups excluding carboxylic acids is 4. The second-order valence-corrected chi connectivity index (χ2v) is 29.1. The number of phosphoric acid groups is 2. The summed E-state index contributed by atoms with van der Waals surface area (Å²) >= 11 is 0. The highest BCUT2D eigenvalue weighted by molar-refractivity contribution is 7.47. The summed E-state index contributed by atoms with van der Waals surface area (Å²) in [4.78, 5) is 73.0. The fraction of sp³-hybridized carbons (Fsp3) is 0.671. The molecular weight excluding hydrogens is 1350 g/mol. The van der Waals surface area contributed by atoms with E-state index in [2.05, 4.69) is 174 Å². The second-order valence-electron chi connectivity index (χ2n) is 26.2. The van der Waals surface area contributed by atoms with Crippen LogP contribution in [0.15, 0.2) is 146 Å².